The lowest BCUT2D eigenvalue weighted by molar-refractivity contribution is -0.119. The Kier molecular flexibility index (Phi) is 8.28. The van der Waals surface area contributed by atoms with E-state index in [1.165, 1.54) is 7.11 Å². The van der Waals surface area contributed by atoms with Crippen molar-refractivity contribution in [1.82, 2.24) is 10.3 Å². The third-order valence-electron chi connectivity index (χ3n) is 6.48. The van der Waals surface area contributed by atoms with Crippen molar-refractivity contribution in [3.8, 4) is 22.8 Å². The van der Waals surface area contributed by atoms with Crippen LogP contribution in [0.4, 0.5) is 11.4 Å². The molecule has 1 fully saturated rings. The number of methoxy groups -OCH3 is 2. The van der Waals surface area contributed by atoms with Gasteiger partial charge in [0.25, 0.3) is 0 Å². The van der Waals surface area contributed by atoms with Crippen LogP contribution in [0.15, 0.2) is 83.4 Å². The van der Waals surface area contributed by atoms with E-state index < -0.39 is 0 Å². The molecule has 5 rings (SSSR count). The smallest absolute Gasteiger partial charge is 0.250 e. The summed E-state index contributed by atoms with van der Waals surface area (Å²) in [4.78, 5) is 18.9. The van der Waals surface area contributed by atoms with Gasteiger partial charge in [-0.1, -0.05) is 6.07 Å². The molecular weight excluding hydrogens is 528 g/mol. The van der Waals surface area contributed by atoms with Gasteiger partial charge in [-0.25, -0.2) is 0 Å². The fourth-order valence-corrected chi connectivity index (χ4v) is 5.08. The second-order valence-corrected chi connectivity index (χ2v) is 9.41. The Balaban J connectivity index is 1.54. The molecule has 9 nitrogen and oxygen atoms in total. The molecule has 2 atom stereocenters. The van der Waals surface area contributed by atoms with Crippen molar-refractivity contribution in [3.05, 3.63) is 90.4 Å². The highest BCUT2D eigenvalue weighted by Crippen LogP contribution is 2.44. The zero-order valence-electron chi connectivity index (χ0n) is 22.4. The summed E-state index contributed by atoms with van der Waals surface area (Å²) < 4.78 is 22.5. The van der Waals surface area contributed by atoms with E-state index in [0.717, 1.165) is 28.5 Å². The predicted octanol–water partition coefficient (Wildman–Crippen LogP) is 5.51. The normalized spacial score (nSPS) is 16.5. The largest absolute Gasteiger partial charge is 0.495 e. The van der Waals surface area contributed by atoms with Crippen LogP contribution in [0.3, 0.4) is 0 Å². The number of furan rings is 1. The van der Waals surface area contributed by atoms with Crippen LogP contribution in [0, 0.1) is 0 Å². The Morgan fingerprint density at radius 2 is 1.93 bits per heavy atom. The molecule has 0 aliphatic carbocycles. The second kappa shape index (κ2) is 12.2. The third-order valence-corrected chi connectivity index (χ3v) is 6.79. The first kappa shape index (κ1) is 27.2. The number of hydrogen-bond acceptors (Lipinski definition) is 7. The molecule has 1 amide bonds. The lowest BCUT2D eigenvalue weighted by Crippen LogP contribution is -2.29. The number of rotatable bonds is 10. The number of pyridine rings is 1. The number of carbonyl (C=O) groups excluding carboxylic acids is 1. The van der Waals surface area contributed by atoms with Crippen molar-refractivity contribution in [2.24, 2.45) is 0 Å². The Hall–Kier alpha value is -4.41. The van der Waals surface area contributed by atoms with Gasteiger partial charge in [0.15, 0.2) is 5.11 Å². The van der Waals surface area contributed by atoms with Crippen LogP contribution in [-0.4, -0.2) is 43.4 Å². The van der Waals surface area contributed by atoms with E-state index in [1.54, 1.807) is 19.4 Å². The first-order chi connectivity index (χ1) is 19.5. The molecule has 0 unspecified atom stereocenters. The maximum Gasteiger partial charge on any atom is 0.250 e. The number of hydrogen-bond donors (Lipinski definition) is 2. The number of aromatic nitrogens is 1. The molecule has 0 radical (unpaired) electrons. The molecule has 10 heteroatoms. The average Bonchev–Trinajstić information content (AvgIpc) is 3.59. The molecule has 2 aromatic heterocycles. The van der Waals surface area contributed by atoms with Crippen LogP contribution in [0.5, 0.6) is 11.5 Å². The highest BCUT2D eigenvalue weighted by Gasteiger charge is 2.42. The van der Waals surface area contributed by atoms with Crippen molar-refractivity contribution in [1.29, 1.82) is 0 Å². The molecular formula is C30H30N4O5S. The summed E-state index contributed by atoms with van der Waals surface area (Å²) in [5, 5.41) is 6.78. The summed E-state index contributed by atoms with van der Waals surface area (Å²) in [7, 11) is 3.02. The molecule has 3 heterocycles. The van der Waals surface area contributed by atoms with E-state index in [0.29, 0.717) is 28.9 Å². The monoisotopic (exact) mass is 558 g/mol. The first-order valence-electron chi connectivity index (χ1n) is 12.8. The van der Waals surface area contributed by atoms with Gasteiger partial charge in [0.1, 0.15) is 35.7 Å². The van der Waals surface area contributed by atoms with Crippen LogP contribution >= 0.6 is 12.2 Å². The second-order valence-electron chi connectivity index (χ2n) is 9.02. The SMILES string of the molecule is CCOc1ccc(-c2ccc([C@@H]3[C@H](c4ccccn4)NC(=S)N3c3ccc(OC)c(NC(=O)COC)c3)o2)cc1. The average molecular weight is 559 g/mol. The number of nitrogens with zero attached hydrogens (tertiary/aromatic N) is 2. The van der Waals surface area contributed by atoms with Gasteiger partial charge in [0.2, 0.25) is 5.91 Å². The molecule has 4 aromatic rings. The minimum atomic E-state index is -0.366. The van der Waals surface area contributed by atoms with Crippen molar-refractivity contribution >= 4 is 34.6 Å². The van der Waals surface area contributed by atoms with E-state index in [4.69, 9.17) is 30.8 Å². The molecule has 1 aliphatic heterocycles. The Bertz CT molecular complexity index is 1480. The van der Waals surface area contributed by atoms with Gasteiger partial charge in [-0.15, -0.1) is 0 Å². The summed E-state index contributed by atoms with van der Waals surface area (Å²) >= 11 is 5.84. The van der Waals surface area contributed by atoms with Gasteiger partial charge in [0, 0.05) is 24.6 Å². The van der Waals surface area contributed by atoms with Gasteiger partial charge in [-0.05, 0) is 85.9 Å². The topological polar surface area (TPSA) is 98.1 Å². The number of ether oxygens (including phenoxy) is 3. The predicted molar refractivity (Wildman–Crippen MR) is 157 cm³/mol. The first-order valence-corrected chi connectivity index (χ1v) is 13.2. The van der Waals surface area contributed by atoms with Crippen molar-refractivity contribution in [2.75, 3.05) is 37.7 Å². The minimum Gasteiger partial charge on any atom is -0.495 e. The lowest BCUT2D eigenvalue weighted by atomic mass is 10.0. The van der Waals surface area contributed by atoms with Gasteiger partial charge >= 0.3 is 0 Å². The standard InChI is InChI=1S/C30H30N4O5S/c1-4-38-21-11-8-19(9-12-21)24-14-15-26(39-24)29-28(22-7-5-6-16-31-22)33-30(40)34(29)20-10-13-25(37-3)23(17-20)32-27(35)18-36-2/h5-17,28-29H,4,18H2,1-3H3,(H,32,35)(H,33,40)/t28-,29+/m0/s1. The Labute approximate surface area is 238 Å². The van der Waals surface area contributed by atoms with E-state index >= 15 is 0 Å². The van der Waals surface area contributed by atoms with Gasteiger partial charge in [0.05, 0.1) is 31.1 Å². The number of carbonyl (C=O) groups is 1. The zero-order chi connectivity index (χ0) is 28.1. The minimum absolute atomic E-state index is 0.0812. The van der Waals surface area contributed by atoms with Crippen molar-refractivity contribution in [3.63, 3.8) is 0 Å². The molecule has 1 saturated heterocycles. The fourth-order valence-electron chi connectivity index (χ4n) is 4.73. The molecule has 0 spiro atoms. The zero-order valence-corrected chi connectivity index (χ0v) is 23.2. The Morgan fingerprint density at radius 1 is 1.10 bits per heavy atom. The number of anilines is 2. The maximum atomic E-state index is 12.3. The van der Waals surface area contributed by atoms with Crippen LogP contribution < -0.4 is 25.0 Å². The molecule has 206 valence electrons. The number of nitrogens with one attached hydrogen (secondary N) is 2. The van der Waals surface area contributed by atoms with E-state index in [2.05, 4.69) is 15.6 Å². The van der Waals surface area contributed by atoms with Crippen LogP contribution in [0.2, 0.25) is 0 Å². The molecule has 2 aromatic carbocycles. The highest BCUT2D eigenvalue weighted by atomic mass is 32.1. The molecule has 0 saturated carbocycles. The van der Waals surface area contributed by atoms with Crippen LogP contribution in [-0.2, 0) is 9.53 Å². The van der Waals surface area contributed by atoms with Crippen LogP contribution in [0.1, 0.15) is 30.5 Å². The highest BCUT2D eigenvalue weighted by molar-refractivity contribution is 7.80. The number of thiocarbonyl (C=S) groups is 1. The van der Waals surface area contributed by atoms with Gasteiger partial charge < -0.3 is 34.2 Å². The molecule has 2 N–H and O–H groups in total. The molecule has 1 aliphatic rings. The quantitative estimate of drug-likeness (QED) is 0.244. The summed E-state index contributed by atoms with van der Waals surface area (Å²) in [6.07, 6.45) is 1.75. The summed E-state index contributed by atoms with van der Waals surface area (Å²) in [6, 6.07) is 22.3. The Morgan fingerprint density at radius 3 is 2.62 bits per heavy atom. The lowest BCUT2D eigenvalue weighted by Gasteiger charge is -2.27. The molecule has 0 bridgehead atoms. The number of benzene rings is 2. The third kappa shape index (κ3) is 5.63. The number of amides is 1. The van der Waals surface area contributed by atoms with E-state index in [9.17, 15) is 4.79 Å². The summed E-state index contributed by atoms with van der Waals surface area (Å²) in [5.41, 5.74) is 2.99. The summed E-state index contributed by atoms with van der Waals surface area (Å²) in [5.74, 6) is 2.44. The van der Waals surface area contributed by atoms with E-state index in [-0.39, 0.29) is 24.6 Å². The molecule has 40 heavy (non-hydrogen) atoms. The van der Waals surface area contributed by atoms with Gasteiger partial charge in [-0.2, -0.15) is 0 Å². The fraction of sp³-hybridized carbons (Fsp3) is 0.233. The van der Waals surface area contributed by atoms with Crippen molar-refractivity contribution in [2.45, 2.75) is 19.0 Å². The summed E-state index contributed by atoms with van der Waals surface area (Å²) in [6.45, 7) is 2.48. The maximum absolute atomic E-state index is 12.3. The van der Waals surface area contributed by atoms with Crippen molar-refractivity contribution < 1.29 is 23.4 Å². The van der Waals surface area contributed by atoms with Crippen LogP contribution in [0.25, 0.3) is 11.3 Å². The van der Waals surface area contributed by atoms with Gasteiger partial charge in [-0.3, -0.25) is 9.78 Å². The van der Waals surface area contributed by atoms with E-state index in [1.807, 2.05) is 78.6 Å².